The van der Waals surface area contributed by atoms with E-state index in [4.69, 9.17) is 42.3 Å². The van der Waals surface area contributed by atoms with Crippen LogP contribution < -0.4 is 10.4 Å². The van der Waals surface area contributed by atoms with E-state index in [1.165, 1.54) is 11.8 Å². The molecular formula is C72H78O10SSi. The molecule has 2 aliphatic rings. The summed E-state index contributed by atoms with van der Waals surface area (Å²) < 4.78 is 64.7. The Morgan fingerprint density at radius 2 is 0.786 bits per heavy atom. The van der Waals surface area contributed by atoms with Crippen molar-refractivity contribution in [2.45, 2.75) is 138 Å². The highest BCUT2D eigenvalue weighted by molar-refractivity contribution is 7.99. The molecule has 1 aliphatic carbocycles. The van der Waals surface area contributed by atoms with Gasteiger partial charge in [0.25, 0.3) is 8.32 Å². The minimum absolute atomic E-state index is 0.00252. The Kier molecular flexibility index (Phi) is 21.0. The highest BCUT2D eigenvalue weighted by Crippen LogP contribution is 2.44. The first-order valence-electron chi connectivity index (χ1n) is 29.2. The first-order valence-corrected chi connectivity index (χ1v) is 32.0. The van der Waals surface area contributed by atoms with Crippen molar-refractivity contribution in [3.8, 4) is 0 Å². The predicted octanol–water partition coefficient (Wildman–Crippen LogP) is 13.7. The molecule has 0 N–H and O–H groups in total. The Hall–Kier alpha value is -6.52. The SMILES string of the molecule is CC1(C)OC(Sc2ccccc2)[C@H]([C@@H](CO[Si](c2ccccc2)(c2ccccc2)C(C)(C)C)OC(=O)CC2[C@@H](OCc3ccccc3)[C@H](OCc3ccccc3)C(OCc3ccccc3)[C@@H](OCc3ccccc3)[C@H]2OCc2ccccc2)O1. The Bertz CT molecular complexity index is 3060. The number of hydrogen-bond donors (Lipinski definition) is 0. The second-order valence-corrected chi connectivity index (χ2v) is 28.6. The number of thioether (sulfide) groups is 1. The van der Waals surface area contributed by atoms with Gasteiger partial charge in [0.2, 0.25) is 0 Å². The molecule has 0 bridgehead atoms. The summed E-state index contributed by atoms with van der Waals surface area (Å²) in [7, 11) is -3.21. The van der Waals surface area contributed by atoms with E-state index < -0.39 is 74.2 Å². The van der Waals surface area contributed by atoms with Gasteiger partial charge in [-0.3, -0.25) is 4.79 Å². The fraction of sp³-hybridized carbons (Fsp3) is 0.319. The van der Waals surface area contributed by atoms with Gasteiger partial charge in [-0.1, -0.05) is 263 Å². The van der Waals surface area contributed by atoms with Crippen molar-refractivity contribution in [2.24, 2.45) is 5.92 Å². The average Bonchev–Trinajstić information content (AvgIpc) is 4.04. The van der Waals surface area contributed by atoms with Gasteiger partial charge < -0.3 is 42.3 Å². The molecule has 8 aromatic rings. The lowest BCUT2D eigenvalue weighted by Crippen LogP contribution is -2.67. The number of benzene rings is 8. The summed E-state index contributed by atoms with van der Waals surface area (Å²) in [4.78, 5) is 17.0. The molecule has 1 saturated carbocycles. The van der Waals surface area contributed by atoms with E-state index in [1.54, 1.807) is 0 Å². The van der Waals surface area contributed by atoms with Gasteiger partial charge in [-0.25, -0.2) is 0 Å². The molecule has 1 saturated heterocycles. The van der Waals surface area contributed by atoms with Crippen LogP contribution in [0.4, 0.5) is 0 Å². The van der Waals surface area contributed by atoms with E-state index in [9.17, 15) is 0 Å². The maximum Gasteiger partial charge on any atom is 0.306 e. The van der Waals surface area contributed by atoms with E-state index in [-0.39, 0.29) is 51.1 Å². The number of ether oxygens (including phenoxy) is 8. The molecule has 9 atom stereocenters. The lowest BCUT2D eigenvalue weighted by atomic mass is 9.75. The van der Waals surface area contributed by atoms with Gasteiger partial charge in [0.1, 0.15) is 29.9 Å². The zero-order valence-electron chi connectivity index (χ0n) is 48.7. The Balaban J connectivity index is 1.08. The third-order valence-corrected chi connectivity index (χ3v) is 21.7. The lowest BCUT2D eigenvalue weighted by Gasteiger charge is -2.50. The van der Waals surface area contributed by atoms with E-state index >= 15 is 4.79 Å². The molecule has 12 heteroatoms. The second-order valence-electron chi connectivity index (χ2n) is 23.1. The summed E-state index contributed by atoms with van der Waals surface area (Å²) in [6.07, 6.45) is -5.85. The predicted molar refractivity (Wildman–Crippen MR) is 333 cm³/mol. The van der Waals surface area contributed by atoms with Crippen molar-refractivity contribution in [3.05, 3.63) is 270 Å². The summed E-state index contributed by atoms with van der Waals surface area (Å²) >= 11 is 1.54. The number of carbonyl (C=O) groups is 1. The van der Waals surface area contributed by atoms with Crippen LogP contribution in [0.1, 0.15) is 68.9 Å². The zero-order chi connectivity index (χ0) is 58.2. The smallest absolute Gasteiger partial charge is 0.306 e. The molecule has 10 nitrogen and oxygen atoms in total. The third-order valence-electron chi connectivity index (χ3n) is 15.6. The van der Waals surface area contributed by atoms with Crippen molar-refractivity contribution in [1.29, 1.82) is 0 Å². The van der Waals surface area contributed by atoms with Crippen molar-refractivity contribution in [3.63, 3.8) is 0 Å². The van der Waals surface area contributed by atoms with Crippen molar-refractivity contribution >= 4 is 36.4 Å². The number of hydrogen-bond acceptors (Lipinski definition) is 11. The zero-order valence-corrected chi connectivity index (χ0v) is 50.5. The molecule has 84 heavy (non-hydrogen) atoms. The van der Waals surface area contributed by atoms with E-state index in [2.05, 4.69) is 69.3 Å². The summed E-state index contributed by atoms with van der Waals surface area (Å²) in [6, 6.07) is 81.4. The Morgan fingerprint density at radius 1 is 0.464 bits per heavy atom. The Morgan fingerprint density at radius 3 is 1.14 bits per heavy atom. The van der Waals surface area contributed by atoms with E-state index in [0.717, 1.165) is 43.1 Å². The summed E-state index contributed by atoms with van der Waals surface area (Å²) in [5.41, 5.74) is 4.23. The highest BCUT2D eigenvalue weighted by Gasteiger charge is 2.57. The maximum atomic E-state index is 16.0. The van der Waals surface area contributed by atoms with Crippen LogP contribution in [0.15, 0.2) is 248 Å². The molecule has 0 spiro atoms. The third kappa shape index (κ3) is 15.7. The molecule has 0 amide bonds. The summed E-state index contributed by atoms with van der Waals surface area (Å²) in [5, 5.41) is 1.81. The minimum Gasteiger partial charge on any atom is -0.457 e. The van der Waals surface area contributed by atoms with E-state index in [1.807, 2.05) is 208 Å². The second kappa shape index (κ2) is 29.0. The van der Waals surface area contributed by atoms with Crippen molar-refractivity contribution in [1.82, 2.24) is 0 Å². The van der Waals surface area contributed by atoms with Crippen LogP contribution in [0.2, 0.25) is 5.04 Å². The van der Waals surface area contributed by atoms with Crippen molar-refractivity contribution < 1.29 is 47.1 Å². The molecule has 1 heterocycles. The van der Waals surface area contributed by atoms with Crippen LogP contribution in [0, 0.1) is 5.92 Å². The van der Waals surface area contributed by atoms with Gasteiger partial charge in [0.15, 0.2) is 11.9 Å². The fourth-order valence-corrected chi connectivity index (χ4v) is 17.4. The summed E-state index contributed by atoms with van der Waals surface area (Å²) in [6.45, 7) is 11.7. The normalized spacial score (nSPS) is 21.8. The molecule has 2 fully saturated rings. The van der Waals surface area contributed by atoms with Crippen LogP contribution in [-0.4, -0.2) is 74.8 Å². The van der Waals surface area contributed by atoms with Crippen LogP contribution >= 0.6 is 11.8 Å². The molecular weight excluding hydrogens is 1080 g/mol. The van der Waals surface area contributed by atoms with Gasteiger partial charge in [0.05, 0.1) is 58.3 Å². The summed E-state index contributed by atoms with van der Waals surface area (Å²) in [5.74, 6) is -2.26. The van der Waals surface area contributed by atoms with Gasteiger partial charge in [-0.2, -0.15) is 0 Å². The monoisotopic (exact) mass is 1160 g/mol. The van der Waals surface area contributed by atoms with Gasteiger partial charge in [-0.05, 0) is 69.2 Å². The molecule has 10 rings (SSSR count). The van der Waals surface area contributed by atoms with Gasteiger partial charge in [-0.15, -0.1) is 0 Å². The Labute approximate surface area is 501 Å². The van der Waals surface area contributed by atoms with Crippen molar-refractivity contribution in [2.75, 3.05) is 6.61 Å². The van der Waals surface area contributed by atoms with Crippen LogP contribution in [0.25, 0.3) is 0 Å². The van der Waals surface area contributed by atoms with Crippen LogP contribution in [0.3, 0.4) is 0 Å². The van der Waals surface area contributed by atoms with Gasteiger partial charge in [0, 0.05) is 10.8 Å². The topological polar surface area (TPSA) is 100 Å². The van der Waals surface area contributed by atoms with Crippen LogP contribution in [0.5, 0.6) is 0 Å². The molecule has 0 radical (unpaired) electrons. The standard InChI is InChI=1S/C72H78O10SSi/c1-71(2,3)84(59-42-26-12-27-43-59,60-44-28-13-29-45-60)79-52-62(66-70(82-72(4,5)81-66)83-58-40-24-11-25-41-58)80-63(73)46-61-64(74-47-53-30-14-6-15-31-53)67(76-49-55-34-18-8-19-35-55)69(78-51-57-38-22-10-23-39-57)68(77-50-56-36-20-9-21-37-56)65(61)75-48-54-32-16-7-17-33-54/h6-45,61-62,64-70H,46-52H2,1-5H3/t61?,62-,64-,65+,66+,67+,68+,69?,70?/m1/s1. The minimum atomic E-state index is -3.21. The molecule has 8 aromatic carbocycles. The van der Waals surface area contributed by atoms with Gasteiger partial charge >= 0.3 is 5.97 Å². The molecule has 1 aliphatic heterocycles. The average molecular weight is 1160 g/mol. The van der Waals surface area contributed by atoms with Crippen LogP contribution in [-0.2, 0) is 80.1 Å². The largest absolute Gasteiger partial charge is 0.457 e. The fourth-order valence-electron chi connectivity index (χ4n) is 11.6. The number of carbonyl (C=O) groups excluding carboxylic acids is 1. The number of rotatable bonds is 26. The molecule has 3 unspecified atom stereocenters. The molecule has 0 aromatic heterocycles. The lowest BCUT2D eigenvalue weighted by molar-refractivity contribution is -0.272. The van der Waals surface area contributed by atoms with E-state index in [0.29, 0.717) is 0 Å². The number of esters is 1. The quantitative estimate of drug-likeness (QED) is 0.0383. The maximum absolute atomic E-state index is 16.0. The first kappa shape index (κ1) is 60.6. The first-order chi connectivity index (χ1) is 40.9. The highest BCUT2D eigenvalue weighted by atomic mass is 32.2. The molecule has 436 valence electrons.